The van der Waals surface area contributed by atoms with Crippen molar-refractivity contribution in [3.63, 3.8) is 0 Å². The van der Waals surface area contributed by atoms with Gasteiger partial charge in [0, 0.05) is 7.11 Å². The lowest BCUT2D eigenvalue weighted by molar-refractivity contribution is -0.120. The Balaban J connectivity index is 2.08. The Kier molecular flexibility index (Phi) is 4.63. The molecule has 114 valence electrons. The number of methoxy groups -OCH3 is 1. The molecule has 1 amide bonds. The highest BCUT2D eigenvalue weighted by atomic mass is 16.5. The van der Waals surface area contributed by atoms with E-state index in [1.54, 1.807) is 7.11 Å². The highest BCUT2D eigenvalue weighted by Crippen LogP contribution is 2.24. The summed E-state index contributed by atoms with van der Waals surface area (Å²) in [6.07, 6.45) is 0. The molecule has 0 spiro atoms. The number of ether oxygens (including phenoxy) is 1. The van der Waals surface area contributed by atoms with Gasteiger partial charge in [0.1, 0.15) is 6.04 Å². The fourth-order valence-electron chi connectivity index (χ4n) is 2.17. The zero-order valence-electron chi connectivity index (χ0n) is 13.1. The van der Waals surface area contributed by atoms with Gasteiger partial charge < -0.3 is 10.1 Å². The summed E-state index contributed by atoms with van der Waals surface area (Å²) in [5, 5.41) is 5.86. The van der Waals surface area contributed by atoms with E-state index >= 15 is 0 Å². The van der Waals surface area contributed by atoms with Gasteiger partial charge in [-0.15, -0.1) is 0 Å². The Bertz CT molecular complexity index is 529. The van der Waals surface area contributed by atoms with Crippen LogP contribution in [-0.2, 0) is 14.9 Å². The number of nitrogens with one attached hydrogen (secondary N) is 2. The topological polar surface area (TPSA) is 62.7 Å². The summed E-state index contributed by atoms with van der Waals surface area (Å²) in [5.41, 5.74) is 2.30. The van der Waals surface area contributed by atoms with Gasteiger partial charge in [0.05, 0.1) is 13.2 Å². The molecule has 1 aromatic carbocycles. The largest absolute Gasteiger partial charge is 0.383 e. The molecule has 0 saturated carbocycles. The normalized spacial score (nSPS) is 20.5. The first-order chi connectivity index (χ1) is 9.91. The molecule has 5 heteroatoms. The molecule has 0 bridgehead atoms. The molecule has 0 radical (unpaired) electrons. The van der Waals surface area contributed by atoms with E-state index < -0.39 is 0 Å². The van der Waals surface area contributed by atoms with Gasteiger partial charge in [-0.25, -0.2) is 0 Å². The summed E-state index contributed by atoms with van der Waals surface area (Å²) in [4.78, 5) is 16.3. The van der Waals surface area contributed by atoms with Gasteiger partial charge in [-0.1, -0.05) is 45.0 Å². The summed E-state index contributed by atoms with van der Waals surface area (Å²) >= 11 is 0. The first-order valence-electron chi connectivity index (χ1n) is 7.13. The van der Waals surface area contributed by atoms with Gasteiger partial charge in [-0.05, 0) is 16.5 Å². The van der Waals surface area contributed by atoms with Crippen molar-refractivity contribution in [1.29, 1.82) is 0 Å². The maximum absolute atomic E-state index is 12.0. The SMILES string of the molecule is COCCN=C1NC(=O)C(c2ccc(C(C)(C)C)cc2)N1. The predicted molar refractivity (Wildman–Crippen MR) is 83.3 cm³/mol. The van der Waals surface area contributed by atoms with Gasteiger partial charge >= 0.3 is 0 Å². The van der Waals surface area contributed by atoms with E-state index in [1.165, 1.54) is 5.56 Å². The number of benzene rings is 1. The van der Waals surface area contributed by atoms with Crippen molar-refractivity contribution in [2.24, 2.45) is 4.99 Å². The molecule has 1 atom stereocenters. The number of aliphatic imine (C=N–C) groups is 1. The van der Waals surface area contributed by atoms with E-state index in [9.17, 15) is 4.79 Å². The Morgan fingerprint density at radius 2 is 1.90 bits per heavy atom. The molecule has 2 rings (SSSR count). The quantitative estimate of drug-likeness (QED) is 0.830. The van der Waals surface area contributed by atoms with Crippen LogP contribution in [0.2, 0.25) is 0 Å². The van der Waals surface area contributed by atoms with Crippen molar-refractivity contribution in [3.05, 3.63) is 35.4 Å². The number of carbonyl (C=O) groups excluding carboxylic acids is 1. The van der Waals surface area contributed by atoms with Gasteiger partial charge in [0.15, 0.2) is 5.96 Å². The predicted octanol–water partition coefficient (Wildman–Crippen LogP) is 1.75. The maximum atomic E-state index is 12.0. The van der Waals surface area contributed by atoms with E-state index in [0.717, 1.165) is 5.56 Å². The van der Waals surface area contributed by atoms with Crippen LogP contribution in [0, 0.1) is 0 Å². The Morgan fingerprint density at radius 3 is 2.48 bits per heavy atom. The summed E-state index contributed by atoms with van der Waals surface area (Å²) in [6.45, 7) is 7.57. The molecule has 1 aliphatic heterocycles. The Labute approximate surface area is 125 Å². The van der Waals surface area contributed by atoms with Crippen LogP contribution in [0.25, 0.3) is 0 Å². The smallest absolute Gasteiger partial charge is 0.253 e. The van der Waals surface area contributed by atoms with Crippen LogP contribution < -0.4 is 10.6 Å². The lowest BCUT2D eigenvalue weighted by Gasteiger charge is -2.19. The monoisotopic (exact) mass is 289 g/mol. The fourth-order valence-corrected chi connectivity index (χ4v) is 2.17. The van der Waals surface area contributed by atoms with E-state index in [-0.39, 0.29) is 17.4 Å². The molecule has 1 aliphatic rings. The fraction of sp³-hybridized carbons (Fsp3) is 0.500. The number of rotatable bonds is 4. The third-order valence-corrected chi connectivity index (χ3v) is 3.46. The molecule has 21 heavy (non-hydrogen) atoms. The van der Waals surface area contributed by atoms with Crippen molar-refractivity contribution in [2.45, 2.75) is 32.2 Å². The molecule has 1 saturated heterocycles. The average molecular weight is 289 g/mol. The zero-order valence-corrected chi connectivity index (χ0v) is 13.1. The standard InChI is InChI=1S/C16H23N3O2/c1-16(2,3)12-7-5-11(6-8-12)13-14(20)19-15(18-13)17-9-10-21-4/h5-8,13H,9-10H2,1-4H3,(H2,17,18,19,20). The number of hydrogen-bond acceptors (Lipinski definition) is 3. The molecule has 1 aromatic rings. The van der Waals surface area contributed by atoms with E-state index in [0.29, 0.717) is 19.1 Å². The van der Waals surface area contributed by atoms with Crippen molar-refractivity contribution in [3.8, 4) is 0 Å². The second kappa shape index (κ2) is 6.26. The van der Waals surface area contributed by atoms with Gasteiger partial charge in [0.2, 0.25) is 0 Å². The molecule has 1 unspecified atom stereocenters. The molecular weight excluding hydrogens is 266 g/mol. The molecule has 2 N–H and O–H groups in total. The number of carbonyl (C=O) groups is 1. The van der Waals surface area contributed by atoms with E-state index in [1.807, 2.05) is 12.1 Å². The van der Waals surface area contributed by atoms with Gasteiger partial charge in [0.25, 0.3) is 5.91 Å². The maximum Gasteiger partial charge on any atom is 0.253 e. The number of hydrogen-bond donors (Lipinski definition) is 2. The molecular formula is C16H23N3O2. The van der Waals surface area contributed by atoms with Gasteiger partial charge in [-0.3, -0.25) is 15.1 Å². The van der Waals surface area contributed by atoms with Crippen LogP contribution in [0.3, 0.4) is 0 Å². The van der Waals surface area contributed by atoms with Crippen LogP contribution in [0.4, 0.5) is 0 Å². The highest BCUT2D eigenvalue weighted by molar-refractivity contribution is 6.06. The number of amides is 1. The average Bonchev–Trinajstić information content (AvgIpc) is 2.79. The van der Waals surface area contributed by atoms with E-state index in [4.69, 9.17) is 4.74 Å². The lowest BCUT2D eigenvalue weighted by atomic mass is 9.86. The summed E-state index contributed by atoms with van der Waals surface area (Å²) < 4.78 is 4.94. The number of nitrogens with zero attached hydrogens (tertiary/aromatic N) is 1. The minimum absolute atomic E-state index is 0.0744. The lowest BCUT2D eigenvalue weighted by Crippen LogP contribution is -2.26. The first-order valence-corrected chi connectivity index (χ1v) is 7.13. The molecule has 0 aromatic heterocycles. The zero-order chi connectivity index (χ0) is 15.5. The van der Waals surface area contributed by atoms with Crippen molar-refractivity contribution < 1.29 is 9.53 Å². The first kappa shape index (κ1) is 15.5. The summed E-state index contributed by atoms with van der Waals surface area (Å²) in [5.74, 6) is 0.441. The van der Waals surface area contributed by atoms with Gasteiger partial charge in [-0.2, -0.15) is 0 Å². The van der Waals surface area contributed by atoms with E-state index in [2.05, 4.69) is 48.5 Å². The third-order valence-electron chi connectivity index (χ3n) is 3.46. The van der Waals surface area contributed by atoms with Crippen LogP contribution in [0.1, 0.15) is 37.9 Å². The second-order valence-corrected chi connectivity index (χ2v) is 6.16. The summed E-state index contributed by atoms with van der Waals surface area (Å²) in [7, 11) is 1.63. The Morgan fingerprint density at radius 1 is 1.24 bits per heavy atom. The summed E-state index contributed by atoms with van der Waals surface area (Å²) in [6, 6.07) is 7.76. The van der Waals surface area contributed by atoms with Crippen LogP contribution in [-0.4, -0.2) is 32.1 Å². The molecule has 5 nitrogen and oxygen atoms in total. The van der Waals surface area contributed by atoms with Crippen molar-refractivity contribution in [2.75, 3.05) is 20.3 Å². The molecule has 1 fully saturated rings. The van der Waals surface area contributed by atoms with Crippen molar-refractivity contribution >= 4 is 11.9 Å². The third kappa shape index (κ3) is 3.82. The minimum Gasteiger partial charge on any atom is -0.383 e. The van der Waals surface area contributed by atoms with Crippen LogP contribution >= 0.6 is 0 Å². The molecule has 0 aliphatic carbocycles. The Hall–Kier alpha value is -1.88. The molecule has 1 heterocycles. The highest BCUT2D eigenvalue weighted by Gasteiger charge is 2.29. The minimum atomic E-state index is -0.375. The second-order valence-electron chi connectivity index (χ2n) is 6.16. The number of guanidine groups is 1. The van der Waals surface area contributed by atoms with Crippen molar-refractivity contribution in [1.82, 2.24) is 10.6 Å². The van der Waals surface area contributed by atoms with Crippen LogP contribution in [0.15, 0.2) is 29.3 Å². The van der Waals surface area contributed by atoms with Crippen LogP contribution in [0.5, 0.6) is 0 Å².